The Morgan fingerprint density at radius 1 is 1.00 bits per heavy atom. The van der Waals surface area contributed by atoms with Gasteiger partial charge in [0, 0.05) is 18.7 Å². The van der Waals surface area contributed by atoms with Crippen LogP contribution in [0, 0.1) is 0 Å². The number of nitrogens with zero attached hydrogens (tertiary/aromatic N) is 1. The van der Waals surface area contributed by atoms with E-state index in [-0.39, 0.29) is 28.1 Å². The van der Waals surface area contributed by atoms with Gasteiger partial charge in [-0.1, -0.05) is 59.6 Å². The minimum Gasteiger partial charge on any atom is -0.497 e. The van der Waals surface area contributed by atoms with E-state index in [0.717, 1.165) is 5.56 Å². The minimum atomic E-state index is -4.40. The number of amides is 3. The van der Waals surface area contributed by atoms with Crippen LogP contribution in [0.15, 0.2) is 72.8 Å². The molecule has 3 amide bonds. The Hall–Kier alpha value is -3.47. The summed E-state index contributed by atoms with van der Waals surface area (Å²) in [6, 6.07) is 19.4. The fourth-order valence-corrected chi connectivity index (χ4v) is 5.31. The Balaban J connectivity index is 1.55. The van der Waals surface area contributed by atoms with Gasteiger partial charge in [0.2, 0.25) is 0 Å². The third-order valence-electron chi connectivity index (χ3n) is 6.07. The molecule has 4 rings (SSSR count). The van der Waals surface area contributed by atoms with E-state index in [1.54, 1.807) is 38.4 Å². The van der Waals surface area contributed by atoms with Crippen LogP contribution >= 0.6 is 23.2 Å². The molecule has 194 valence electrons. The van der Waals surface area contributed by atoms with Gasteiger partial charge in [0.05, 0.1) is 22.8 Å². The van der Waals surface area contributed by atoms with E-state index in [0.29, 0.717) is 11.4 Å². The summed E-state index contributed by atoms with van der Waals surface area (Å²) in [4.78, 5) is 28.0. The van der Waals surface area contributed by atoms with E-state index in [2.05, 4.69) is 10.0 Å². The van der Waals surface area contributed by atoms with Crippen molar-refractivity contribution in [3.63, 3.8) is 0 Å². The van der Waals surface area contributed by atoms with E-state index in [1.807, 2.05) is 35.1 Å². The van der Waals surface area contributed by atoms with E-state index in [1.165, 1.54) is 23.1 Å². The van der Waals surface area contributed by atoms with Crippen molar-refractivity contribution in [3.8, 4) is 5.75 Å². The fourth-order valence-electron chi connectivity index (χ4n) is 4.10. The number of urea groups is 1. The molecule has 3 N–H and O–H groups in total. The molecule has 37 heavy (non-hydrogen) atoms. The summed E-state index contributed by atoms with van der Waals surface area (Å²) < 4.78 is 34.5. The van der Waals surface area contributed by atoms with Crippen LogP contribution in [0.2, 0.25) is 10.0 Å². The van der Waals surface area contributed by atoms with Crippen molar-refractivity contribution in [1.29, 1.82) is 0 Å². The molecule has 0 aliphatic heterocycles. The van der Waals surface area contributed by atoms with Crippen LogP contribution in [0.1, 0.15) is 17.9 Å². The molecule has 3 aromatic carbocycles. The highest BCUT2D eigenvalue weighted by molar-refractivity contribution is 7.91. The average molecular weight is 563 g/mol. The van der Waals surface area contributed by atoms with E-state index >= 15 is 0 Å². The maximum absolute atomic E-state index is 13.7. The van der Waals surface area contributed by atoms with Gasteiger partial charge >= 0.3 is 16.2 Å². The average Bonchev–Trinajstić information content (AvgIpc) is 3.60. The first-order valence-corrected chi connectivity index (χ1v) is 13.3. The maximum Gasteiger partial charge on any atom is 0.330 e. The number of hydrogen-bond acceptors (Lipinski definition) is 5. The first kappa shape index (κ1) is 26.6. The largest absolute Gasteiger partial charge is 0.497 e. The predicted octanol–water partition coefficient (Wildman–Crippen LogP) is 4.55. The van der Waals surface area contributed by atoms with Gasteiger partial charge in [-0.05, 0) is 48.4 Å². The number of carbonyl (C=O) groups is 2. The number of likely N-dealkylation sites (N-methyl/N-ethyl adjacent to an activating group) is 1. The summed E-state index contributed by atoms with van der Waals surface area (Å²) in [7, 11) is -1.27. The van der Waals surface area contributed by atoms with Crippen LogP contribution in [0.3, 0.4) is 0 Å². The molecule has 0 bridgehead atoms. The molecule has 2 atom stereocenters. The number of rotatable bonds is 8. The van der Waals surface area contributed by atoms with Gasteiger partial charge in [-0.25, -0.2) is 9.52 Å². The Morgan fingerprint density at radius 2 is 1.68 bits per heavy atom. The summed E-state index contributed by atoms with van der Waals surface area (Å²) in [5.41, 5.74) is 0.0543. The topological polar surface area (TPSA) is 117 Å². The lowest BCUT2D eigenvalue weighted by atomic mass is 10.0. The molecule has 0 radical (unpaired) electrons. The number of nitrogens with one attached hydrogen (secondary N) is 3. The van der Waals surface area contributed by atoms with Crippen LogP contribution < -0.4 is 24.4 Å². The van der Waals surface area contributed by atoms with Gasteiger partial charge in [0.15, 0.2) is 0 Å². The molecule has 3 aromatic rings. The number of hydrogen-bond donors (Lipinski definition) is 3. The Labute approximate surface area is 224 Å². The molecule has 9 nitrogen and oxygen atoms in total. The van der Waals surface area contributed by atoms with Crippen LogP contribution in [0.5, 0.6) is 5.75 Å². The summed E-state index contributed by atoms with van der Waals surface area (Å²) in [6.07, 6.45) is 0.289. The molecule has 1 saturated carbocycles. The second-order valence-corrected chi connectivity index (χ2v) is 10.7. The van der Waals surface area contributed by atoms with Crippen molar-refractivity contribution >= 4 is 56.7 Å². The van der Waals surface area contributed by atoms with Crippen molar-refractivity contribution in [1.82, 2.24) is 10.0 Å². The van der Waals surface area contributed by atoms with Gasteiger partial charge < -0.3 is 15.0 Å². The monoisotopic (exact) mass is 562 g/mol. The minimum absolute atomic E-state index is 0.00641. The first-order valence-electron chi connectivity index (χ1n) is 11.1. The van der Waals surface area contributed by atoms with Crippen LogP contribution in [-0.4, -0.2) is 40.1 Å². The van der Waals surface area contributed by atoms with E-state index in [9.17, 15) is 18.0 Å². The third kappa shape index (κ3) is 5.76. The van der Waals surface area contributed by atoms with Gasteiger partial charge in [0.1, 0.15) is 11.3 Å². The Morgan fingerprint density at radius 3 is 2.32 bits per heavy atom. The molecule has 1 aliphatic carbocycles. The highest BCUT2D eigenvalue weighted by atomic mass is 35.5. The predicted molar refractivity (Wildman–Crippen MR) is 144 cm³/mol. The molecule has 12 heteroatoms. The summed E-state index contributed by atoms with van der Waals surface area (Å²) in [6.45, 7) is 0. The second kappa shape index (κ2) is 10.5. The Bertz CT molecular complexity index is 1420. The van der Waals surface area contributed by atoms with E-state index < -0.39 is 27.7 Å². The zero-order valence-electron chi connectivity index (χ0n) is 19.9. The summed E-state index contributed by atoms with van der Waals surface area (Å²) >= 11 is 12.0. The summed E-state index contributed by atoms with van der Waals surface area (Å²) in [5, 5.41) is 2.73. The van der Waals surface area contributed by atoms with Crippen molar-refractivity contribution in [2.24, 2.45) is 0 Å². The molecule has 1 fully saturated rings. The first-order chi connectivity index (χ1) is 17.6. The third-order valence-corrected chi connectivity index (χ3v) is 7.83. The van der Waals surface area contributed by atoms with Gasteiger partial charge in [-0.15, -0.1) is 0 Å². The zero-order valence-corrected chi connectivity index (χ0v) is 22.2. The lowest BCUT2D eigenvalue weighted by Gasteiger charge is -2.26. The number of halogens is 2. The number of benzene rings is 3. The molecule has 1 unspecified atom stereocenters. The molecule has 0 heterocycles. The lowest BCUT2D eigenvalue weighted by molar-refractivity contribution is -0.121. The van der Waals surface area contributed by atoms with E-state index in [4.69, 9.17) is 27.9 Å². The normalized spacial score (nSPS) is 18.4. The van der Waals surface area contributed by atoms with Crippen molar-refractivity contribution < 1.29 is 22.7 Å². The molecule has 0 saturated heterocycles. The highest BCUT2D eigenvalue weighted by Gasteiger charge is 2.63. The highest BCUT2D eigenvalue weighted by Crippen LogP contribution is 2.52. The number of methoxy groups -OCH3 is 1. The van der Waals surface area contributed by atoms with Crippen LogP contribution in [0.25, 0.3) is 0 Å². The van der Waals surface area contributed by atoms with Crippen molar-refractivity contribution in [2.75, 3.05) is 23.8 Å². The molecule has 0 spiro atoms. The lowest BCUT2D eigenvalue weighted by Crippen LogP contribution is -2.55. The second-order valence-electron chi connectivity index (χ2n) is 8.46. The van der Waals surface area contributed by atoms with Crippen LogP contribution in [-0.2, 0) is 15.0 Å². The van der Waals surface area contributed by atoms with Crippen LogP contribution in [0.4, 0.5) is 16.2 Å². The number of carbonyl (C=O) groups excluding carboxylic acids is 2. The smallest absolute Gasteiger partial charge is 0.330 e. The summed E-state index contributed by atoms with van der Waals surface area (Å²) in [5.74, 6) is -0.126. The van der Waals surface area contributed by atoms with Gasteiger partial charge in [0.25, 0.3) is 5.91 Å². The molecule has 1 aliphatic rings. The fraction of sp³-hybridized carbons (Fsp3) is 0.200. The maximum atomic E-state index is 13.7. The number of anilines is 2. The molecule has 0 aromatic heterocycles. The Kier molecular flexibility index (Phi) is 7.54. The quantitative estimate of drug-likeness (QED) is 0.372. The molecular weight excluding hydrogens is 539 g/mol. The van der Waals surface area contributed by atoms with Gasteiger partial charge in [-0.2, -0.15) is 8.42 Å². The zero-order chi connectivity index (χ0) is 26.8. The standard InChI is InChI=1S/C25H24Cl2N4O5S/c1-31(17-11-13-18(36-2)14-12-17)23(32)25(15-19(25)16-7-4-3-5-8-16)28-24(33)30-37(34,35)29-21-10-6-9-20(26)22(21)27/h3-14,19,29H,15H2,1-2H3,(H2,28,30,33)/t19-,25?/m1/s1. The van der Waals surface area contributed by atoms with Crippen molar-refractivity contribution in [2.45, 2.75) is 17.9 Å². The van der Waals surface area contributed by atoms with Gasteiger partial charge in [-0.3, -0.25) is 9.52 Å². The molecular formula is C25H24Cl2N4O5S. The van der Waals surface area contributed by atoms with Crippen molar-refractivity contribution in [3.05, 3.63) is 88.4 Å². The SMILES string of the molecule is COc1ccc(N(C)C(=O)C2(NC(=O)NS(=O)(=O)Nc3cccc(Cl)c3Cl)C[C@@H]2c2ccccc2)cc1. The number of ether oxygens (including phenoxy) is 1.